The predicted octanol–water partition coefficient (Wildman–Crippen LogP) is 2.07. The fourth-order valence-corrected chi connectivity index (χ4v) is 3.54. The maximum Gasteiger partial charge on any atom is 0.0348 e. The lowest BCUT2D eigenvalue weighted by Crippen LogP contribution is -2.25. The molecule has 2 nitrogen and oxygen atoms in total. The van der Waals surface area contributed by atoms with Gasteiger partial charge in [-0.3, -0.25) is 4.21 Å². The third-order valence-electron chi connectivity index (χ3n) is 2.75. The Labute approximate surface area is 90.3 Å². The Morgan fingerprint density at radius 2 is 2.00 bits per heavy atom. The third kappa shape index (κ3) is 4.56. The van der Waals surface area contributed by atoms with E-state index in [1.54, 1.807) is 0 Å². The van der Waals surface area contributed by atoms with E-state index in [1.807, 2.05) is 0 Å². The first-order chi connectivity index (χ1) is 6.70. The second-order valence-corrected chi connectivity index (χ2v) is 6.29. The molecule has 0 bridgehead atoms. The monoisotopic (exact) mass is 217 g/mol. The molecule has 0 aliphatic heterocycles. The summed E-state index contributed by atoms with van der Waals surface area (Å²) in [5.74, 6) is 0.893. The maximum absolute atomic E-state index is 11.8. The van der Waals surface area contributed by atoms with Crippen molar-refractivity contribution >= 4 is 10.8 Å². The molecule has 1 unspecified atom stereocenters. The molecule has 0 spiro atoms. The van der Waals surface area contributed by atoms with Gasteiger partial charge in [-0.2, -0.15) is 0 Å². The number of rotatable bonds is 6. The lowest BCUT2D eigenvalue weighted by atomic mass is 10.4. The van der Waals surface area contributed by atoms with Crippen LogP contribution < -0.4 is 5.32 Å². The molecule has 1 aliphatic carbocycles. The molecular weight excluding hydrogens is 194 g/mol. The topological polar surface area (TPSA) is 29.1 Å². The molecule has 84 valence electrons. The molecule has 1 rings (SSSR count). The molecule has 1 aliphatic rings. The summed E-state index contributed by atoms with van der Waals surface area (Å²) in [4.78, 5) is 0. The Morgan fingerprint density at radius 3 is 2.57 bits per heavy atom. The van der Waals surface area contributed by atoms with Crippen LogP contribution in [0.2, 0.25) is 0 Å². The van der Waals surface area contributed by atoms with Gasteiger partial charge in [-0.25, -0.2) is 0 Å². The van der Waals surface area contributed by atoms with E-state index >= 15 is 0 Å². The molecule has 0 saturated heterocycles. The van der Waals surface area contributed by atoms with Crippen molar-refractivity contribution in [2.45, 2.75) is 57.2 Å². The molecule has 1 saturated carbocycles. The van der Waals surface area contributed by atoms with Crippen LogP contribution in [-0.2, 0) is 10.8 Å². The minimum absolute atomic E-state index is 0.522. The Hall–Kier alpha value is 0.110. The summed E-state index contributed by atoms with van der Waals surface area (Å²) in [6.07, 6.45) is 6.04. The summed E-state index contributed by atoms with van der Waals surface area (Å²) in [6.45, 7) is 5.30. The fraction of sp³-hybridized carbons (Fsp3) is 1.00. The first kappa shape index (κ1) is 12.2. The molecule has 0 heterocycles. The molecule has 14 heavy (non-hydrogen) atoms. The van der Waals surface area contributed by atoms with Crippen molar-refractivity contribution in [1.82, 2.24) is 5.32 Å². The molecular formula is C11H23NOS. The number of hydrogen-bond acceptors (Lipinski definition) is 2. The van der Waals surface area contributed by atoms with E-state index in [4.69, 9.17) is 0 Å². The minimum atomic E-state index is -0.550. The lowest BCUT2D eigenvalue weighted by molar-refractivity contribution is 0.582. The quantitative estimate of drug-likeness (QED) is 0.690. The highest BCUT2D eigenvalue weighted by molar-refractivity contribution is 7.85. The average Bonchev–Trinajstić information content (AvgIpc) is 2.64. The van der Waals surface area contributed by atoms with Crippen molar-refractivity contribution in [2.24, 2.45) is 0 Å². The highest BCUT2D eigenvalue weighted by atomic mass is 32.2. The summed E-state index contributed by atoms with van der Waals surface area (Å²) in [5, 5.41) is 3.88. The van der Waals surface area contributed by atoms with Gasteiger partial charge in [0.1, 0.15) is 0 Å². The number of hydrogen-bond donors (Lipinski definition) is 1. The largest absolute Gasteiger partial charge is 0.315 e. The average molecular weight is 217 g/mol. The summed E-state index contributed by atoms with van der Waals surface area (Å²) >= 11 is 0. The first-order valence-electron chi connectivity index (χ1n) is 5.80. The fourth-order valence-electron chi connectivity index (χ4n) is 1.92. The van der Waals surface area contributed by atoms with Crippen molar-refractivity contribution < 1.29 is 4.21 Å². The summed E-state index contributed by atoms with van der Waals surface area (Å²) in [7, 11) is -0.550. The summed E-state index contributed by atoms with van der Waals surface area (Å²) in [6, 6.07) is 0.551. The molecule has 1 atom stereocenters. The van der Waals surface area contributed by atoms with Gasteiger partial charge in [-0.05, 0) is 25.8 Å². The van der Waals surface area contributed by atoms with E-state index in [9.17, 15) is 4.21 Å². The van der Waals surface area contributed by atoms with Gasteiger partial charge in [0.05, 0.1) is 0 Å². The van der Waals surface area contributed by atoms with Crippen molar-refractivity contribution in [3.8, 4) is 0 Å². The number of nitrogens with one attached hydrogen (secondary N) is 1. The van der Waals surface area contributed by atoms with Crippen LogP contribution in [0.25, 0.3) is 0 Å². The molecule has 0 radical (unpaired) electrons. The van der Waals surface area contributed by atoms with E-state index in [0.29, 0.717) is 11.3 Å². The van der Waals surface area contributed by atoms with Gasteiger partial charge in [0, 0.05) is 27.8 Å². The van der Waals surface area contributed by atoms with Crippen LogP contribution >= 0.6 is 0 Å². The lowest BCUT2D eigenvalue weighted by Gasteiger charge is -2.10. The van der Waals surface area contributed by atoms with Crippen molar-refractivity contribution in [2.75, 3.05) is 12.3 Å². The van der Waals surface area contributed by atoms with Gasteiger partial charge in [0.2, 0.25) is 0 Å². The van der Waals surface area contributed by atoms with Crippen LogP contribution in [0.1, 0.15) is 46.0 Å². The summed E-state index contributed by atoms with van der Waals surface area (Å²) < 4.78 is 11.8. The highest BCUT2D eigenvalue weighted by Crippen LogP contribution is 2.23. The highest BCUT2D eigenvalue weighted by Gasteiger charge is 2.20. The van der Waals surface area contributed by atoms with Crippen molar-refractivity contribution in [1.29, 1.82) is 0 Å². The van der Waals surface area contributed by atoms with Crippen LogP contribution in [0.4, 0.5) is 0 Å². The zero-order chi connectivity index (χ0) is 10.4. The third-order valence-corrected chi connectivity index (χ3v) is 4.65. The van der Waals surface area contributed by atoms with Gasteiger partial charge in [0.25, 0.3) is 0 Å². The Morgan fingerprint density at radius 1 is 1.36 bits per heavy atom. The van der Waals surface area contributed by atoms with E-state index in [0.717, 1.165) is 18.7 Å². The standard InChI is InChI=1S/C11H23NOS/c1-10(2)12-8-5-9-14(13)11-6-3-4-7-11/h10-12H,3-9H2,1-2H3. The van der Waals surface area contributed by atoms with Gasteiger partial charge in [-0.15, -0.1) is 0 Å². The molecule has 0 aromatic rings. The zero-order valence-corrected chi connectivity index (χ0v) is 10.2. The second kappa shape index (κ2) is 6.57. The van der Waals surface area contributed by atoms with E-state index in [1.165, 1.54) is 25.7 Å². The van der Waals surface area contributed by atoms with Crippen LogP contribution in [0.15, 0.2) is 0 Å². The van der Waals surface area contributed by atoms with Crippen LogP contribution in [-0.4, -0.2) is 27.8 Å². The first-order valence-corrected chi connectivity index (χ1v) is 7.19. The molecule has 0 aromatic heterocycles. The second-order valence-electron chi connectivity index (χ2n) is 4.45. The maximum atomic E-state index is 11.8. The smallest absolute Gasteiger partial charge is 0.0348 e. The van der Waals surface area contributed by atoms with Crippen molar-refractivity contribution in [3.05, 3.63) is 0 Å². The summed E-state index contributed by atoms with van der Waals surface area (Å²) in [5.41, 5.74) is 0. The van der Waals surface area contributed by atoms with Crippen LogP contribution in [0.5, 0.6) is 0 Å². The molecule has 1 N–H and O–H groups in total. The van der Waals surface area contributed by atoms with Crippen molar-refractivity contribution in [3.63, 3.8) is 0 Å². The predicted molar refractivity (Wildman–Crippen MR) is 63.0 cm³/mol. The van der Waals surface area contributed by atoms with Crippen LogP contribution in [0, 0.1) is 0 Å². The Bertz CT molecular complexity index is 176. The minimum Gasteiger partial charge on any atom is -0.315 e. The molecule has 3 heteroatoms. The zero-order valence-electron chi connectivity index (χ0n) is 9.42. The van der Waals surface area contributed by atoms with Gasteiger partial charge >= 0.3 is 0 Å². The van der Waals surface area contributed by atoms with E-state index < -0.39 is 10.8 Å². The molecule has 0 aromatic carbocycles. The van der Waals surface area contributed by atoms with Crippen LogP contribution in [0.3, 0.4) is 0 Å². The van der Waals surface area contributed by atoms with Gasteiger partial charge in [-0.1, -0.05) is 26.7 Å². The molecule has 0 amide bonds. The molecule has 1 fully saturated rings. The Kier molecular flexibility index (Phi) is 5.71. The normalized spacial score (nSPS) is 20.5. The van der Waals surface area contributed by atoms with Gasteiger partial charge in [0.15, 0.2) is 0 Å². The van der Waals surface area contributed by atoms with E-state index in [2.05, 4.69) is 19.2 Å². The SMILES string of the molecule is CC(C)NCCCS(=O)C1CCCC1. The Balaban J connectivity index is 2.03. The van der Waals surface area contributed by atoms with Gasteiger partial charge < -0.3 is 5.32 Å². The van der Waals surface area contributed by atoms with E-state index in [-0.39, 0.29) is 0 Å².